The molecule has 0 bridgehead atoms. The van der Waals surface area contributed by atoms with Crippen LogP contribution in [0.3, 0.4) is 0 Å². The number of benzene rings is 1. The number of hydrogen-bond acceptors (Lipinski definition) is 6. The molecule has 0 amide bonds. The summed E-state index contributed by atoms with van der Waals surface area (Å²) in [4.78, 5) is -0.516. The third kappa shape index (κ3) is 6.21. The molecule has 1 aromatic heterocycles. The summed E-state index contributed by atoms with van der Waals surface area (Å²) < 4.78 is 122. The Bertz CT molecular complexity index is 1150. The van der Waals surface area contributed by atoms with Gasteiger partial charge in [-0.3, -0.25) is 4.68 Å². The van der Waals surface area contributed by atoms with Crippen LogP contribution in [0.1, 0.15) is 49.2 Å². The second-order valence-electron chi connectivity index (χ2n) is 8.64. The average Bonchev–Trinajstić information content (AvgIpc) is 3.23. The first-order valence-electron chi connectivity index (χ1n) is 10.9. The van der Waals surface area contributed by atoms with E-state index >= 15 is 0 Å². The molecule has 7 nitrogen and oxygen atoms in total. The Morgan fingerprint density at radius 3 is 2.53 bits per heavy atom. The van der Waals surface area contributed by atoms with Gasteiger partial charge in [-0.15, -0.1) is 0 Å². The summed E-state index contributed by atoms with van der Waals surface area (Å²) in [6, 6.07) is 4.21. The molecule has 0 spiro atoms. The zero-order chi connectivity index (χ0) is 26.8. The standard InChI is InChI=1S/C22H26F6N2O5S/c1-20(36(31,32)16-6-3-5-15(11-16)21(23,24)25)7-10-35-18(13-20)17-12-19(22(26,27)28)30(29-17)8-4-9-34-14-33-2/h3,5-6,11-12,18H,4,7-10,13-14H2,1-2H3. The lowest BCUT2D eigenvalue weighted by Crippen LogP contribution is -2.42. The van der Waals surface area contributed by atoms with Crippen LogP contribution in [0.15, 0.2) is 35.2 Å². The van der Waals surface area contributed by atoms with E-state index in [1.807, 2.05) is 0 Å². The molecule has 0 aliphatic carbocycles. The van der Waals surface area contributed by atoms with Crippen molar-refractivity contribution in [2.24, 2.45) is 0 Å². The van der Waals surface area contributed by atoms with Crippen LogP contribution in [-0.4, -0.2) is 50.1 Å². The summed E-state index contributed by atoms with van der Waals surface area (Å²) in [5, 5.41) is 4.03. The van der Waals surface area contributed by atoms with Gasteiger partial charge in [-0.25, -0.2) is 8.42 Å². The third-order valence-electron chi connectivity index (χ3n) is 5.97. The van der Waals surface area contributed by atoms with Crippen LogP contribution < -0.4 is 0 Å². The molecule has 1 aromatic carbocycles. The molecule has 1 aliphatic rings. The number of hydrogen-bond donors (Lipinski definition) is 0. The number of alkyl halides is 6. The SMILES string of the molecule is COCOCCCn1nc(C2CC(C)(S(=O)(=O)c3cccc(C(F)(F)F)c3)CCO2)cc1C(F)(F)F. The summed E-state index contributed by atoms with van der Waals surface area (Å²) in [5.74, 6) is 0. The van der Waals surface area contributed by atoms with Crippen LogP contribution in [-0.2, 0) is 42.9 Å². The van der Waals surface area contributed by atoms with Crippen molar-refractivity contribution >= 4 is 9.84 Å². The minimum Gasteiger partial charge on any atom is -0.372 e. The van der Waals surface area contributed by atoms with Gasteiger partial charge in [0.05, 0.1) is 27.5 Å². The number of rotatable bonds is 9. The Labute approximate surface area is 204 Å². The Kier molecular flexibility index (Phi) is 8.43. The van der Waals surface area contributed by atoms with Gasteiger partial charge < -0.3 is 14.2 Å². The van der Waals surface area contributed by atoms with Crippen LogP contribution in [0.5, 0.6) is 0 Å². The number of halogens is 6. The maximum Gasteiger partial charge on any atom is 0.433 e. The fourth-order valence-corrected chi connectivity index (χ4v) is 5.81. The minimum absolute atomic E-state index is 0.00860. The predicted octanol–water partition coefficient (Wildman–Crippen LogP) is 5.02. The second kappa shape index (κ2) is 10.7. The van der Waals surface area contributed by atoms with E-state index in [9.17, 15) is 34.8 Å². The summed E-state index contributed by atoms with van der Waals surface area (Å²) in [7, 11) is -2.90. The Balaban J connectivity index is 1.87. The van der Waals surface area contributed by atoms with Crippen LogP contribution >= 0.6 is 0 Å². The summed E-state index contributed by atoms with van der Waals surface area (Å²) in [6.45, 7) is 1.23. The molecule has 2 atom stereocenters. The van der Waals surface area contributed by atoms with Gasteiger partial charge in [0.2, 0.25) is 0 Å². The smallest absolute Gasteiger partial charge is 0.372 e. The molecule has 0 saturated carbocycles. The van der Waals surface area contributed by atoms with Crippen molar-refractivity contribution in [2.75, 3.05) is 27.1 Å². The third-order valence-corrected chi connectivity index (χ3v) is 8.51. The number of aryl methyl sites for hydroxylation is 1. The van der Waals surface area contributed by atoms with Gasteiger partial charge >= 0.3 is 12.4 Å². The molecule has 0 N–H and O–H groups in total. The normalized spacial score (nSPS) is 21.6. The van der Waals surface area contributed by atoms with E-state index in [1.54, 1.807) is 0 Å². The van der Waals surface area contributed by atoms with Gasteiger partial charge in [0, 0.05) is 20.3 Å². The fraction of sp³-hybridized carbons (Fsp3) is 0.591. The molecule has 14 heteroatoms. The van der Waals surface area contributed by atoms with Crippen molar-refractivity contribution < 1.29 is 49.0 Å². The fourth-order valence-electron chi connectivity index (χ4n) is 3.98. The quantitative estimate of drug-likeness (QED) is 0.251. The zero-order valence-electron chi connectivity index (χ0n) is 19.5. The van der Waals surface area contributed by atoms with Crippen molar-refractivity contribution in [3.8, 4) is 0 Å². The van der Waals surface area contributed by atoms with E-state index < -0.39 is 49.2 Å². The van der Waals surface area contributed by atoms with Crippen LogP contribution in [0.25, 0.3) is 0 Å². The van der Waals surface area contributed by atoms with Crippen LogP contribution in [0.4, 0.5) is 26.3 Å². The predicted molar refractivity (Wildman–Crippen MR) is 115 cm³/mol. The number of aromatic nitrogens is 2. The van der Waals surface area contributed by atoms with Crippen molar-refractivity contribution in [1.29, 1.82) is 0 Å². The maximum absolute atomic E-state index is 13.6. The van der Waals surface area contributed by atoms with Gasteiger partial charge in [0.25, 0.3) is 0 Å². The van der Waals surface area contributed by atoms with Crippen molar-refractivity contribution in [2.45, 2.75) is 60.8 Å². The zero-order valence-corrected chi connectivity index (χ0v) is 20.3. The van der Waals surface area contributed by atoms with E-state index in [1.165, 1.54) is 14.0 Å². The van der Waals surface area contributed by atoms with Crippen molar-refractivity contribution in [1.82, 2.24) is 9.78 Å². The minimum atomic E-state index is -4.74. The highest BCUT2D eigenvalue weighted by molar-refractivity contribution is 7.92. The van der Waals surface area contributed by atoms with E-state index in [0.717, 1.165) is 28.9 Å². The maximum atomic E-state index is 13.6. The van der Waals surface area contributed by atoms with E-state index in [0.29, 0.717) is 6.07 Å². The number of nitrogens with zero attached hydrogens (tertiary/aromatic N) is 2. The molecule has 0 radical (unpaired) electrons. The molecule has 202 valence electrons. The number of ether oxygens (including phenoxy) is 3. The molecule has 2 aromatic rings. The van der Waals surface area contributed by atoms with Crippen molar-refractivity contribution in [3.05, 3.63) is 47.3 Å². The lowest BCUT2D eigenvalue weighted by molar-refractivity contribution is -0.144. The van der Waals surface area contributed by atoms with E-state index in [4.69, 9.17) is 14.2 Å². The molecule has 2 heterocycles. The first-order chi connectivity index (χ1) is 16.7. The summed E-state index contributed by atoms with van der Waals surface area (Å²) >= 11 is 0. The Morgan fingerprint density at radius 2 is 1.89 bits per heavy atom. The molecular weight excluding hydrogens is 518 g/mol. The van der Waals surface area contributed by atoms with Gasteiger partial charge in [-0.1, -0.05) is 6.07 Å². The second-order valence-corrected chi connectivity index (χ2v) is 11.1. The highest BCUT2D eigenvalue weighted by atomic mass is 32.2. The largest absolute Gasteiger partial charge is 0.433 e. The molecule has 36 heavy (non-hydrogen) atoms. The lowest BCUT2D eigenvalue weighted by atomic mass is 9.95. The molecule has 2 unspecified atom stereocenters. The van der Waals surface area contributed by atoms with Gasteiger partial charge in [-0.05, 0) is 50.5 Å². The Morgan fingerprint density at radius 1 is 1.17 bits per heavy atom. The molecule has 1 aliphatic heterocycles. The molecule has 1 saturated heterocycles. The van der Waals surface area contributed by atoms with Gasteiger partial charge in [0.1, 0.15) is 18.6 Å². The van der Waals surface area contributed by atoms with Gasteiger partial charge in [-0.2, -0.15) is 31.4 Å². The van der Waals surface area contributed by atoms with Crippen LogP contribution in [0.2, 0.25) is 0 Å². The number of sulfone groups is 1. The first-order valence-corrected chi connectivity index (χ1v) is 12.4. The van der Waals surface area contributed by atoms with Crippen LogP contribution in [0, 0.1) is 0 Å². The monoisotopic (exact) mass is 544 g/mol. The number of methoxy groups -OCH3 is 1. The lowest BCUT2D eigenvalue weighted by Gasteiger charge is -2.37. The topological polar surface area (TPSA) is 79.7 Å². The average molecular weight is 545 g/mol. The summed E-state index contributed by atoms with van der Waals surface area (Å²) in [5.41, 5.74) is -2.25. The molecule has 1 fully saturated rings. The van der Waals surface area contributed by atoms with E-state index in [2.05, 4.69) is 5.10 Å². The van der Waals surface area contributed by atoms with E-state index in [-0.39, 0.29) is 51.5 Å². The summed E-state index contributed by atoms with van der Waals surface area (Å²) in [6.07, 6.45) is -10.7. The highest BCUT2D eigenvalue weighted by Crippen LogP contribution is 2.43. The Hall–Kier alpha value is -2.16. The van der Waals surface area contributed by atoms with Gasteiger partial charge in [0.15, 0.2) is 9.84 Å². The van der Waals surface area contributed by atoms with Crippen molar-refractivity contribution in [3.63, 3.8) is 0 Å². The molecule has 3 rings (SSSR count). The first kappa shape index (κ1) is 28.4. The highest BCUT2D eigenvalue weighted by Gasteiger charge is 2.47. The molecular formula is C22H26F6N2O5S.